The van der Waals surface area contributed by atoms with E-state index in [0.29, 0.717) is 5.92 Å². The number of hydrogen-bond acceptors (Lipinski definition) is 2. The van der Waals surface area contributed by atoms with Crippen LogP contribution in [0.15, 0.2) is 22.7 Å². The van der Waals surface area contributed by atoms with Gasteiger partial charge in [-0.15, -0.1) is 0 Å². The molecular weight excluding hydrogens is 264 g/mol. The summed E-state index contributed by atoms with van der Waals surface area (Å²) in [5.74, 6) is 0.682. The minimum absolute atomic E-state index is 0.682. The van der Waals surface area contributed by atoms with Gasteiger partial charge in [0.15, 0.2) is 0 Å². The van der Waals surface area contributed by atoms with E-state index in [9.17, 15) is 0 Å². The maximum atomic E-state index is 9.09. The van der Waals surface area contributed by atoms with Crippen LogP contribution >= 0.6 is 15.9 Å². The molecule has 0 aliphatic carbocycles. The number of piperidine rings is 1. The maximum absolute atomic E-state index is 9.09. The normalized spacial score (nSPS) is 20.4. The Morgan fingerprint density at radius 1 is 1.50 bits per heavy atom. The summed E-state index contributed by atoms with van der Waals surface area (Å²) >= 11 is 3.40. The largest absolute Gasteiger partial charge is 0.316 e. The Kier molecular flexibility index (Phi) is 3.98. The highest BCUT2D eigenvalue weighted by Gasteiger charge is 2.15. The summed E-state index contributed by atoms with van der Waals surface area (Å²) in [6.45, 7) is 2.23. The quantitative estimate of drug-likeness (QED) is 0.903. The lowest BCUT2D eigenvalue weighted by atomic mass is 9.90. The van der Waals surface area contributed by atoms with Crippen LogP contribution in [0, 0.1) is 17.2 Å². The smallest absolute Gasteiger partial charge is 0.0994 e. The number of benzene rings is 1. The van der Waals surface area contributed by atoms with Crippen LogP contribution in [0.25, 0.3) is 0 Å². The number of nitrogens with one attached hydrogen (secondary N) is 1. The second-order valence-corrected chi connectivity index (χ2v) is 5.25. The number of nitrogens with zero attached hydrogens (tertiary/aromatic N) is 1. The molecule has 0 bridgehead atoms. The molecule has 3 heteroatoms. The van der Waals surface area contributed by atoms with Gasteiger partial charge in [0.2, 0.25) is 0 Å². The fourth-order valence-electron chi connectivity index (χ4n) is 2.24. The predicted molar refractivity (Wildman–Crippen MR) is 68.2 cm³/mol. The zero-order valence-electron chi connectivity index (χ0n) is 9.17. The standard InChI is InChI=1S/C13H15BrN2/c14-13-4-3-11(12(7-13)8-15)6-10-2-1-5-16-9-10/h3-4,7,10,16H,1-2,5-6,9H2. The lowest BCUT2D eigenvalue weighted by Crippen LogP contribution is -2.30. The molecule has 0 spiro atoms. The lowest BCUT2D eigenvalue weighted by molar-refractivity contribution is 0.376. The number of hydrogen-bond donors (Lipinski definition) is 1. The first-order valence-electron chi connectivity index (χ1n) is 5.69. The number of rotatable bonds is 2. The Morgan fingerprint density at radius 2 is 2.38 bits per heavy atom. The molecule has 1 atom stereocenters. The van der Waals surface area contributed by atoms with Crippen molar-refractivity contribution in [2.24, 2.45) is 5.92 Å². The summed E-state index contributed by atoms with van der Waals surface area (Å²) in [5.41, 5.74) is 1.99. The SMILES string of the molecule is N#Cc1cc(Br)ccc1CC1CCCNC1. The lowest BCUT2D eigenvalue weighted by Gasteiger charge is -2.23. The Balaban J connectivity index is 2.11. The Morgan fingerprint density at radius 3 is 3.06 bits per heavy atom. The fourth-order valence-corrected chi connectivity index (χ4v) is 2.60. The van der Waals surface area contributed by atoms with Crippen LogP contribution in [-0.2, 0) is 6.42 Å². The van der Waals surface area contributed by atoms with Gasteiger partial charge >= 0.3 is 0 Å². The highest BCUT2D eigenvalue weighted by molar-refractivity contribution is 9.10. The molecule has 2 nitrogen and oxygen atoms in total. The molecule has 1 unspecified atom stereocenters. The van der Waals surface area contributed by atoms with Crippen molar-refractivity contribution < 1.29 is 0 Å². The van der Waals surface area contributed by atoms with Crippen LogP contribution < -0.4 is 5.32 Å². The molecule has 2 rings (SSSR count). The summed E-state index contributed by atoms with van der Waals surface area (Å²) < 4.78 is 0.981. The molecule has 16 heavy (non-hydrogen) atoms. The van der Waals surface area contributed by atoms with E-state index in [1.54, 1.807) is 0 Å². The fraction of sp³-hybridized carbons (Fsp3) is 0.462. The van der Waals surface area contributed by atoms with Gasteiger partial charge in [0, 0.05) is 4.47 Å². The zero-order valence-corrected chi connectivity index (χ0v) is 10.8. The van der Waals surface area contributed by atoms with Gasteiger partial charge in [0.05, 0.1) is 11.6 Å². The van der Waals surface area contributed by atoms with Crippen molar-refractivity contribution in [3.05, 3.63) is 33.8 Å². The summed E-state index contributed by atoms with van der Waals surface area (Å²) in [5, 5.41) is 12.5. The summed E-state index contributed by atoms with van der Waals surface area (Å²) in [4.78, 5) is 0. The molecule has 1 aromatic rings. The van der Waals surface area contributed by atoms with Crippen molar-refractivity contribution in [1.29, 1.82) is 5.26 Å². The molecule has 1 aliphatic heterocycles. The van der Waals surface area contributed by atoms with E-state index in [1.807, 2.05) is 12.1 Å². The molecule has 0 amide bonds. The van der Waals surface area contributed by atoms with Gasteiger partial charge in [0.1, 0.15) is 0 Å². The highest BCUT2D eigenvalue weighted by atomic mass is 79.9. The van der Waals surface area contributed by atoms with E-state index in [4.69, 9.17) is 5.26 Å². The van der Waals surface area contributed by atoms with Crippen molar-refractivity contribution in [3.63, 3.8) is 0 Å². The Labute approximate surface area is 105 Å². The summed E-state index contributed by atoms with van der Waals surface area (Å²) in [7, 11) is 0. The predicted octanol–water partition coefficient (Wildman–Crippen LogP) is 2.86. The van der Waals surface area contributed by atoms with Crippen LogP contribution in [0.3, 0.4) is 0 Å². The van der Waals surface area contributed by atoms with E-state index in [2.05, 4.69) is 33.4 Å². The van der Waals surface area contributed by atoms with E-state index in [0.717, 1.165) is 29.5 Å². The first-order valence-corrected chi connectivity index (χ1v) is 6.48. The third kappa shape index (κ3) is 2.84. The number of nitriles is 1. The highest BCUT2D eigenvalue weighted by Crippen LogP contribution is 2.21. The van der Waals surface area contributed by atoms with E-state index in [1.165, 1.54) is 18.4 Å². The third-order valence-electron chi connectivity index (χ3n) is 3.10. The Hall–Kier alpha value is -0.850. The first kappa shape index (κ1) is 11.6. The summed E-state index contributed by atoms with van der Waals surface area (Å²) in [6.07, 6.45) is 3.54. The molecule has 0 aromatic heterocycles. The molecule has 1 aromatic carbocycles. The van der Waals surface area contributed by atoms with Crippen molar-refractivity contribution in [2.45, 2.75) is 19.3 Å². The van der Waals surface area contributed by atoms with E-state index in [-0.39, 0.29) is 0 Å². The minimum Gasteiger partial charge on any atom is -0.316 e. The molecule has 0 saturated carbocycles. The third-order valence-corrected chi connectivity index (χ3v) is 3.59. The van der Waals surface area contributed by atoms with Gasteiger partial charge in [-0.2, -0.15) is 5.26 Å². The van der Waals surface area contributed by atoms with Crippen molar-refractivity contribution >= 4 is 15.9 Å². The average Bonchev–Trinajstić information content (AvgIpc) is 2.33. The average molecular weight is 279 g/mol. The van der Waals surface area contributed by atoms with Crippen LogP contribution in [0.5, 0.6) is 0 Å². The molecule has 1 heterocycles. The van der Waals surface area contributed by atoms with Gasteiger partial charge in [-0.05, 0) is 56.0 Å². The Bertz CT molecular complexity index is 403. The molecule has 1 aliphatic rings. The van der Waals surface area contributed by atoms with Crippen LogP contribution in [0.1, 0.15) is 24.0 Å². The monoisotopic (exact) mass is 278 g/mol. The second-order valence-electron chi connectivity index (χ2n) is 4.33. The van der Waals surface area contributed by atoms with E-state index >= 15 is 0 Å². The molecule has 1 fully saturated rings. The maximum Gasteiger partial charge on any atom is 0.0994 e. The zero-order chi connectivity index (χ0) is 11.4. The van der Waals surface area contributed by atoms with Gasteiger partial charge in [-0.1, -0.05) is 22.0 Å². The topological polar surface area (TPSA) is 35.8 Å². The van der Waals surface area contributed by atoms with Crippen LogP contribution in [-0.4, -0.2) is 13.1 Å². The van der Waals surface area contributed by atoms with Gasteiger partial charge in [-0.3, -0.25) is 0 Å². The van der Waals surface area contributed by atoms with Crippen LogP contribution in [0.4, 0.5) is 0 Å². The minimum atomic E-state index is 0.682. The molecule has 84 valence electrons. The van der Waals surface area contributed by atoms with Crippen LogP contribution in [0.2, 0.25) is 0 Å². The van der Waals surface area contributed by atoms with E-state index < -0.39 is 0 Å². The van der Waals surface area contributed by atoms with Gasteiger partial charge < -0.3 is 5.32 Å². The molecule has 1 N–H and O–H groups in total. The molecule has 0 radical (unpaired) electrons. The number of halogens is 1. The second kappa shape index (κ2) is 5.47. The molecule has 1 saturated heterocycles. The first-order chi connectivity index (χ1) is 7.79. The van der Waals surface area contributed by atoms with Gasteiger partial charge in [0.25, 0.3) is 0 Å². The summed E-state index contributed by atoms with van der Waals surface area (Å²) in [6, 6.07) is 8.27. The molecular formula is C13H15BrN2. The van der Waals surface area contributed by atoms with Crippen molar-refractivity contribution in [2.75, 3.05) is 13.1 Å². The van der Waals surface area contributed by atoms with Crippen molar-refractivity contribution in [1.82, 2.24) is 5.32 Å². The van der Waals surface area contributed by atoms with Gasteiger partial charge in [-0.25, -0.2) is 0 Å². The van der Waals surface area contributed by atoms with Crippen molar-refractivity contribution in [3.8, 4) is 6.07 Å².